The van der Waals surface area contributed by atoms with Crippen LogP contribution in [-0.2, 0) is 12.7 Å². The Balaban J connectivity index is 1.82. The molecule has 1 aromatic carbocycles. The Morgan fingerprint density at radius 1 is 1.18 bits per heavy atom. The highest BCUT2D eigenvalue weighted by molar-refractivity contribution is 5.24. The maximum absolute atomic E-state index is 12.5. The number of alkyl halides is 3. The van der Waals surface area contributed by atoms with Gasteiger partial charge < -0.3 is 14.8 Å². The quantitative estimate of drug-likeness (QED) is 0.850. The van der Waals surface area contributed by atoms with Gasteiger partial charge >= 0.3 is 6.18 Å². The third kappa shape index (κ3) is 4.61. The van der Waals surface area contributed by atoms with E-state index >= 15 is 0 Å². The summed E-state index contributed by atoms with van der Waals surface area (Å²) in [6.07, 6.45) is -3.07. The van der Waals surface area contributed by atoms with E-state index in [1.807, 2.05) is 6.92 Å². The molecule has 1 aromatic heterocycles. The van der Waals surface area contributed by atoms with Crippen molar-refractivity contribution in [2.24, 2.45) is 0 Å². The third-order valence-electron chi connectivity index (χ3n) is 3.38. The molecule has 0 bridgehead atoms. The van der Waals surface area contributed by atoms with E-state index in [0.717, 1.165) is 17.7 Å². The van der Waals surface area contributed by atoms with Crippen molar-refractivity contribution in [2.75, 3.05) is 0 Å². The fourth-order valence-corrected chi connectivity index (χ4v) is 2.12. The number of hydrogen-bond acceptors (Lipinski definition) is 3. The minimum atomic E-state index is -4.31. The van der Waals surface area contributed by atoms with E-state index < -0.39 is 17.8 Å². The SMILES string of the molecule is CC(CC(O)c1ccco1)NCc1ccc(C(F)(F)F)cc1. The molecular formula is C16H18F3NO2. The van der Waals surface area contributed by atoms with Gasteiger partial charge in [0.1, 0.15) is 11.9 Å². The molecule has 2 N–H and O–H groups in total. The largest absolute Gasteiger partial charge is 0.467 e. The fourth-order valence-electron chi connectivity index (χ4n) is 2.12. The van der Waals surface area contributed by atoms with Crippen molar-refractivity contribution in [3.8, 4) is 0 Å². The van der Waals surface area contributed by atoms with Crippen LogP contribution in [0.5, 0.6) is 0 Å². The first kappa shape index (κ1) is 16.6. The Morgan fingerprint density at radius 2 is 1.86 bits per heavy atom. The molecule has 0 saturated heterocycles. The molecule has 0 aliphatic rings. The molecule has 2 rings (SSSR count). The second-order valence-corrected chi connectivity index (χ2v) is 5.24. The van der Waals surface area contributed by atoms with Gasteiger partial charge in [-0.05, 0) is 43.2 Å². The summed E-state index contributed by atoms with van der Waals surface area (Å²) >= 11 is 0. The van der Waals surface area contributed by atoms with Gasteiger partial charge in [-0.3, -0.25) is 0 Å². The van der Waals surface area contributed by atoms with E-state index in [9.17, 15) is 18.3 Å². The zero-order valence-electron chi connectivity index (χ0n) is 12.1. The Hall–Kier alpha value is -1.79. The van der Waals surface area contributed by atoms with Crippen LogP contribution < -0.4 is 5.32 Å². The molecule has 120 valence electrons. The van der Waals surface area contributed by atoms with Gasteiger partial charge in [0.25, 0.3) is 0 Å². The molecule has 1 heterocycles. The van der Waals surface area contributed by atoms with Gasteiger partial charge in [0.05, 0.1) is 11.8 Å². The number of rotatable bonds is 6. The van der Waals surface area contributed by atoms with E-state index in [1.165, 1.54) is 18.4 Å². The molecule has 0 saturated carbocycles. The van der Waals surface area contributed by atoms with Crippen molar-refractivity contribution in [1.29, 1.82) is 0 Å². The van der Waals surface area contributed by atoms with Crippen molar-refractivity contribution in [2.45, 2.75) is 38.2 Å². The molecule has 0 spiro atoms. The van der Waals surface area contributed by atoms with Gasteiger partial charge in [0.2, 0.25) is 0 Å². The Kier molecular flexibility index (Phi) is 5.26. The van der Waals surface area contributed by atoms with E-state index in [0.29, 0.717) is 18.7 Å². The smallest absolute Gasteiger partial charge is 0.416 e. The zero-order chi connectivity index (χ0) is 16.2. The average molecular weight is 313 g/mol. The highest BCUT2D eigenvalue weighted by Crippen LogP contribution is 2.29. The van der Waals surface area contributed by atoms with Crippen molar-refractivity contribution in [1.82, 2.24) is 5.32 Å². The van der Waals surface area contributed by atoms with Crippen LogP contribution in [0.4, 0.5) is 13.2 Å². The summed E-state index contributed by atoms with van der Waals surface area (Å²) in [5, 5.41) is 13.1. The highest BCUT2D eigenvalue weighted by atomic mass is 19.4. The molecule has 0 aliphatic carbocycles. The topological polar surface area (TPSA) is 45.4 Å². The minimum Gasteiger partial charge on any atom is -0.467 e. The van der Waals surface area contributed by atoms with Gasteiger partial charge in [-0.2, -0.15) is 13.2 Å². The molecular weight excluding hydrogens is 295 g/mol. The summed E-state index contributed by atoms with van der Waals surface area (Å²) in [6.45, 7) is 2.33. The van der Waals surface area contributed by atoms with Crippen LogP contribution >= 0.6 is 0 Å². The van der Waals surface area contributed by atoms with Crippen molar-refractivity contribution >= 4 is 0 Å². The standard InChI is InChI=1S/C16H18F3NO2/c1-11(9-14(21)15-3-2-8-22-15)20-10-12-4-6-13(7-5-12)16(17,18)19/h2-8,11,14,20-21H,9-10H2,1H3. The van der Waals surface area contributed by atoms with Crippen LogP contribution in [-0.4, -0.2) is 11.1 Å². The van der Waals surface area contributed by atoms with E-state index in [1.54, 1.807) is 12.1 Å². The van der Waals surface area contributed by atoms with Crippen LogP contribution in [0.2, 0.25) is 0 Å². The molecule has 6 heteroatoms. The zero-order valence-corrected chi connectivity index (χ0v) is 12.1. The first-order chi connectivity index (χ1) is 10.4. The predicted molar refractivity (Wildman–Crippen MR) is 76.0 cm³/mol. The van der Waals surface area contributed by atoms with Gasteiger partial charge in [-0.15, -0.1) is 0 Å². The summed E-state index contributed by atoms with van der Waals surface area (Å²) in [5.41, 5.74) is 0.102. The number of aliphatic hydroxyl groups excluding tert-OH is 1. The van der Waals surface area contributed by atoms with E-state index in [-0.39, 0.29) is 6.04 Å². The first-order valence-electron chi connectivity index (χ1n) is 6.97. The molecule has 0 aliphatic heterocycles. The van der Waals surface area contributed by atoms with Gasteiger partial charge in [-0.25, -0.2) is 0 Å². The lowest BCUT2D eigenvalue weighted by Gasteiger charge is -2.17. The number of benzene rings is 1. The summed E-state index contributed by atoms with van der Waals surface area (Å²) in [7, 11) is 0. The minimum absolute atomic E-state index is 0.0117. The summed E-state index contributed by atoms with van der Waals surface area (Å²) in [5.74, 6) is 0.503. The van der Waals surface area contributed by atoms with Crippen molar-refractivity contribution in [3.63, 3.8) is 0 Å². The lowest BCUT2D eigenvalue weighted by Crippen LogP contribution is -2.27. The van der Waals surface area contributed by atoms with Crippen molar-refractivity contribution < 1.29 is 22.7 Å². The van der Waals surface area contributed by atoms with Crippen LogP contribution in [0.3, 0.4) is 0 Å². The molecule has 22 heavy (non-hydrogen) atoms. The summed E-state index contributed by atoms with van der Waals surface area (Å²) in [4.78, 5) is 0. The average Bonchev–Trinajstić information content (AvgIpc) is 2.99. The predicted octanol–water partition coefficient (Wildman–Crippen LogP) is 3.90. The monoisotopic (exact) mass is 313 g/mol. The van der Waals surface area contributed by atoms with Gasteiger partial charge in [0.15, 0.2) is 0 Å². The second-order valence-electron chi connectivity index (χ2n) is 5.24. The van der Waals surface area contributed by atoms with Gasteiger partial charge in [-0.1, -0.05) is 12.1 Å². The first-order valence-corrected chi connectivity index (χ1v) is 6.97. The summed E-state index contributed by atoms with van der Waals surface area (Å²) in [6, 6.07) is 8.43. The van der Waals surface area contributed by atoms with E-state index in [4.69, 9.17) is 4.42 Å². The number of halogens is 3. The molecule has 3 nitrogen and oxygen atoms in total. The van der Waals surface area contributed by atoms with E-state index in [2.05, 4.69) is 5.32 Å². The molecule has 2 unspecified atom stereocenters. The highest BCUT2D eigenvalue weighted by Gasteiger charge is 2.29. The lowest BCUT2D eigenvalue weighted by atomic mass is 10.1. The number of nitrogens with one attached hydrogen (secondary N) is 1. The maximum atomic E-state index is 12.5. The van der Waals surface area contributed by atoms with Gasteiger partial charge in [0, 0.05) is 12.6 Å². The van der Waals surface area contributed by atoms with Crippen LogP contribution in [0.1, 0.15) is 36.3 Å². The number of furan rings is 1. The lowest BCUT2D eigenvalue weighted by molar-refractivity contribution is -0.137. The molecule has 0 radical (unpaired) electrons. The third-order valence-corrected chi connectivity index (χ3v) is 3.38. The number of hydrogen-bond donors (Lipinski definition) is 2. The molecule has 2 atom stereocenters. The maximum Gasteiger partial charge on any atom is 0.416 e. The van der Waals surface area contributed by atoms with Crippen LogP contribution in [0, 0.1) is 0 Å². The second kappa shape index (κ2) is 6.98. The Labute approximate surface area is 126 Å². The molecule has 0 amide bonds. The summed E-state index contributed by atoms with van der Waals surface area (Å²) < 4.78 is 42.5. The Bertz CT molecular complexity index is 564. The molecule has 2 aromatic rings. The molecule has 0 fully saturated rings. The van der Waals surface area contributed by atoms with Crippen LogP contribution in [0.25, 0.3) is 0 Å². The Morgan fingerprint density at radius 3 is 2.41 bits per heavy atom. The van der Waals surface area contributed by atoms with Crippen molar-refractivity contribution in [3.05, 3.63) is 59.5 Å². The fraction of sp³-hybridized carbons (Fsp3) is 0.375. The number of aliphatic hydroxyl groups is 1. The van der Waals surface area contributed by atoms with Crippen LogP contribution in [0.15, 0.2) is 47.1 Å². The normalized spacial score (nSPS) is 14.8.